The third-order valence-electron chi connectivity index (χ3n) is 5.63. The first kappa shape index (κ1) is 22.2. The maximum atomic E-state index is 12.4. The van der Waals surface area contributed by atoms with E-state index in [4.69, 9.17) is 4.74 Å². The van der Waals surface area contributed by atoms with Crippen molar-refractivity contribution < 1.29 is 19.2 Å². The third-order valence-corrected chi connectivity index (χ3v) is 5.63. The highest BCUT2D eigenvalue weighted by Gasteiger charge is 2.16. The van der Waals surface area contributed by atoms with Crippen molar-refractivity contribution in [2.24, 2.45) is 0 Å². The summed E-state index contributed by atoms with van der Waals surface area (Å²) in [6.07, 6.45) is 2.56. The molecule has 0 unspecified atom stereocenters. The van der Waals surface area contributed by atoms with E-state index in [0.717, 1.165) is 51.3 Å². The molecule has 0 saturated carbocycles. The number of hydrogen-bond donors (Lipinski definition) is 2. The molecule has 0 spiro atoms. The summed E-state index contributed by atoms with van der Waals surface area (Å²) < 4.78 is 5.44. The number of carbonyl (C=O) groups is 2. The van der Waals surface area contributed by atoms with E-state index in [0.29, 0.717) is 12.1 Å². The molecule has 2 N–H and O–H groups in total. The molecule has 30 heavy (non-hydrogen) atoms. The van der Waals surface area contributed by atoms with Crippen LogP contribution >= 0.6 is 0 Å². The lowest BCUT2D eigenvalue weighted by Crippen LogP contribution is -3.12. The average Bonchev–Trinajstić information content (AvgIpc) is 2.78. The highest BCUT2D eigenvalue weighted by atomic mass is 16.5. The van der Waals surface area contributed by atoms with Crippen molar-refractivity contribution in [3.05, 3.63) is 70.8 Å². The Bertz CT molecular complexity index is 827. The number of hydrogen-bond acceptors (Lipinski definition) is 3. The van der Waals surface area contributed by atoms with Gasteiger partial charge in [0.2, 0.25) is 5.91 Å². The number of quaternary nitrogens is 1. The van der Waals surface area contributed by atoms with Gasteiger partial charge in [-0.25, -0.2) is 0 Å². The SMILES string of the molecule is CCCc1ccc(C(=O)CCC(=O)NCc2ccccc2C[NH+]2CCOCC2)cc1. The minimum Gasteiger partial charge on any atom is -0.370 e. The molecule has 1 fully saturated rings. The second-order valence-corrected chi connectivity index (χ2v) is 7.95. The monoisotopic (exact) mass is 409 g/mol. The van der Waals surface area contributed by atoms with Gasteiger partial charge in [-0.3, -0.25) is 9.59 Å². The maximum Gasteiger partial charge on any atom is 0.220 e. The lowest BCUT2D eigenvalue weighted by Gasteiger charge is -2.24. The second-order valence-electron chi connectivity index (χ2n) is 7.95. The number of nitrogens with one attached hydrogen (secondary N) is 2. The molecule has 1 saturated heterocycles. The van der Waals surface area contributed by atoms with Gasteiger partial charge in [-0.05, 0) is 17.5 Å². The zero-order valence-electron chi connectivity index (χ0n) is 17.9. The van der Waals surface area contributed by atoms with E-state index in [-0.39, 0.29) is 24.5 Å². The van der Waals surface area contributed by atoms with Gasteiger partial charge in [-0.15, -0.1) is 0 Å². The third kappa shape index (κ3) is 6.78. The first-order valence-electron chi connectivity index (χ1n) is 11.0. The van der Waals surface area contributed by atoms with Crippen LogP contribution in [0, 0.1) is 0 Å². The summed E-state index contributed by atoms with van der Waals surface area (Å²) in [7, 11) is 0. The summed E-state index contributed by atoms with van der Waals surface area (Å²) in [5.41, 5.74) is 4.33. The molecule has 0 atom stereocenters. The topological polar surface area (TPSA) is 59.8 Å². The molecule has 2 aromatic carbocycles. The maximum absolute atomic E-state index is 12.4. The fraction of sp³-hybridized carbons (Fsp3) is 0.440. The van der Waals surface area contributed by atoms with E-state index in [9.17, 15) is 9.59 Å². The summed E-state index contributed by atoms with van der Waals surface area (Å²) in [6, 6.07) is 16.0. The van der Waals surface area contributed by atoms with Crippen LogP contribution in [0.5, 0.6) is 0 Å². The lowest BCUT2D eigenvalue weighted by atomic mass is 10.0. The molecule has 1 aliphatic rings. The number of benzene rings is 2. The smallest absolute Gasteiger partial charge is 0.220 e. The molecule has 5 heteroatoms. The highest BCUT2D eigenvalue weighted by molar-refractivity contribution is 5.97. The number of aryl methyl sites for hydroxylation is 1. The molecule has 1 heterocycles. The number of Topliss-reactive ketones (excluding diaryl/α,β-unsaturated/α-hetero) is 1. The van der Waals surface area contributed by atoms with Crippen LogP contribution < -0.4 is 10.2 Å². The Hall–Kier alpha value is -2.50. The first-order chi connectivity index (χ1) is 14.7. The fourth-order valence-corrected chi connectivity index (χ4v) is 3.81. The normalized spacial score (nSPS) is 14.4. The standard InChI is InChI=1S/C25H32N2O3/c1-2-5-20-8-10-21(11-9-20)24(28)12-13-25(29)26-18-22-6-3-4-7-23(22)19-27-14-16-30-17-15-27/h3-4,6-11H,2,5,12-19H2,1H3,(H,26,29)/p+1. The van der Waals surface area contributed by atoms with Gasteiger partial charge >= 0.3 is 0 Å². The van der Waals surface area contributed by atoms with Crippen LogP contribution in [0.3, 0.4) is 0 Å². The quantitative estimate of drug-likeness (QED) is 0.592. The lowest BCUT2D eigenvalue weighted by molar-refractivity contribution is -0.921. The summed E-state index contributed by atoms with van der Waals surface area (Å²) in [5, 5.41) is 2.98. The molecule has 1 aliphatic heterocycles. The van der Waals surface area contributed by atoms with Gasteiger partial charge in [0.15, 0.2) is 5.78 Å². The molecule has 1 amide bonds. The number of ketones is 1. The molecule has 0 bridgehead atoms. The van der Waals surface area contributed by atoms with Crippen molar-refractivity contribution in [2.75, 3.05) is 26.3 Å². The van der Waals surface area contributed by atoms with Gasteiger partial charge in [-0.1, -0.05) is 61.9 Å². The zero-order valence-corrected chi connectivity index (χ0v) is 17.9. The van der Waals surface area contributed by atoms with Crippen LogP contribution in [0.25, 0.3) is 0 Å². The predicted molar refractivity (Wildman–Crippen MR) is 118 cm³/mol. The predicted octanol–water partition coefficient (Wildman–Crippen LogP) is 2.33. The van der Waals surface area contributed by atoms with Crippen LogP contribution in [0.2, 0.25) is 0 Å². The van der Waals surface area contributed by atoms with Crippen molar-refractivity contribution in [1.29, 1.82) is 0 Å². The van der Waals surface area contributed by atoms with E-state index in [1.54, 1.807) is 0 Å². The van der Waals surface area contributed by atoms with E-state index >= 15 is 0 Å². The van der Waals surface area contributed by atoms with Gasteiger partial charge in [0.05, 0.1) is 13.2 Å². The van der Waals surface area contributed by atoms with Crippen LogP contribution in [0.15, 0.2) is 48.5 Å². The van der Waals surface area contributed by atoms with Crippen molar-refractivity contribution >= 4 is 11.7 Å². The average molecular weight is 410 g/mol. The van der Waals surface area contributed by atoms with Crippen LogP contribution in [0.1, 0.15) is 53.2 Å². The molecule has 3 rings (SSSR count). The molecule has 2 aromatic rings. The summed E-state index contributed by atoms with van der Waals surface area (Å²) in [5.74, 6) is -0.0657. The molecule has 0 aliphatic carbocycles. The van der Waals surface area contributed by atoms with Crippen LogP contribution in [-0.4, -0.2) is 38.0 Å². The molecule has 0 radical (unpaired) electrons. The van der Waals surface area contributed by atoms with Crippen molar-refractivity contribution in [3.8, 4) is 0 Å². The van der Waals surface area contributed by atoms with Gasteiger partial charge in [-0.2, -0.15) is 0 Å². The largest absolute Gasteiger partial charge is 0.370 e. The summed E-state index contributed by atoms with van der Waals surface area (Å²) >= 11 is 0. The number of rotatable bonds is 10. The van der Waals surface area contributed by atoms with Gasteiger partial charge in [0, 0.05) is 30.5 Å². The number of morpholine rings is 1. The van der Waals surface area contributed by atoms with Gasteiger partial charge in [0.1, 0.15) is 19.6 Å². The van der Waals surface area contributed by atoms with Crippen molar-refractivity contribution in [3.63, 3.8) is 0 Å². The Morgan fingerprint density at radius 3 is 2.37 bits per heavy atom. The number of carbonyl (C=O) groups excluding carboxylic acids is 2. The summed E-state index contributed by atoms with van der Waals surface area (Å²) in [4.78, 5) is 26.2. The van der Waals surface area contributed by atoms with E-state index in [1.165, 1.54) is 16.0 Å². The minimum atomic E-state index is -0.0838. The Balaban J connectivity index is 1.46. The second kappa shape index (κ2) is 11.6. The molecular formula is C25H33N2O3+. The molecule has 5 nitrogen and oxygen atoms in total. The number of ether oxygens (including phenoxy) is 1. The first-order valence-corrected chi connectivity index (χ1v) is 11.0. The zero-order chi connectivity index (χ0) is 21.2. The Morgan fingerprint density at radius 2 is 1.67 bits per heavy atom. The molecule has 0 aromatic heterocycles. The fourth-order valence-electron chi connectivity index (χ4n) is 3.81. The molecule has 160 valence electrons. The van der Waals surface area contributed by atoms with Crippen molar-refractivity contribution in [2.45, 2.75) is 45.7 Å². The Labute approximate surface area is 179 Å². The summed E-state index contributed by atoms with van der Waals surface area (Å²) in [6.45, 7) is 7.23. The van der Waals surface area contributed by atoms with E-state index < -0.39 is 0 Å². The minimum absolute atomic E-state index is 0.0181. The van der Waals surface area contributed by atoms with E-state index in [2.05, 4.69) is 24.4 Å². The van der Waals surface area contributed by atoms with E-state index in [1.807, 2.05) is 36.4 Å². The highest BCUT2D eigenvalue weighted by Crippen LogP contribution is 2.11. The molecular weight excluding hydrogens is 376 g/mol. The Morgan fingerprint density at radius 1 is 0.967 bits per heavy atom. The Kier molecular flexibility index (Phi) is 8.60. The van der Waals surface area contributed by atoms with Gasteiger partial charge in [0.25, 0.3) is 0 Å². The van der Waals surface area contributed by atoms with Crippen LogP contribution in [-0.2, 0) is 29.0 Å². The number of amides is 1. The van der Waals surface area contributed by atoms with Gasteiger partial charge < -0.3 is 15.0 Å². The van der Waals surface area contributed by atoms with Crippen molar-refractivity contribution in [1.82, 2.24) is 5.32 Å². The van der Waals surface area contributed by atoms with Crippen LogP contribution in [0.4, 0.5) is 0 Å².